The molecule has 2 aromatic rings. The van der Waals surface area contributed by atoms with Gasteiger partial charge in [-0.2, -0.15) is 0 Å². The number of hydrogen-bond donors (Lipinski definition) is 1. The molecule has 1 unspecified atom stereocenters. The minimum absolute atomic E-state index is 0.356. The quantitative estimate of drug-likeness (QED) is 0.840. The number of hydrogen-bond acceptors (Lipinski definition) is 2. The lowest BCUT2D eigenvalue weighted by molar-refractivity contribution is 0.212. The summed E-state index contributed by atoms with van der Waals surface area (Å²) < 4.78 is 0. The van der Waals surface area contributed by atoms with Crippen LogP contribution in [0, 0.1) is 0 Å². The number of imidazole rings is 1. The highest BCUT2D eigenvalue weighted by Gasteiger charge is 2.16. The van der Waals surface area contributed by atoms with Crippen molar-refractivity contribution in [2.24, 2.45) is 0 Å². The lowest BCUT2D eigenvalue weighted by atomic mass is 10.2. The Morgan fingerprint density at radius 1 is 1.28 bits per heavy atom. The first-order chi connectivity index (χ1) is 8.76. The molecule has 0 saturated heterocycles. The second-order valence-corrected chi connectivity index (χ2v) is 4.80. The largest absolute Gasteiger partial charge is 0.341 e. The van der Waals surface area contributed by atoms with Gasteiger partial charge in [0.1, 0.15) is 5.82 Å². The highest BCUT2D eigenvalue weighted by molar-refractivity contribution is 5.74. The molecule has 0 fully saturated rings. The molecule has 1 heterocycles. The van der Waals surface area contributed by atoms with Gasteiger partial charge in [0.15, 0.2) is 0 Å². The van der Waals surface area contributed by atoms with Gasteiger partial charge in [-0.1, -0.05) is 32.4 Å². The van der Waals surface area contributed by atoms with Crippen LogP contribution >= 0.6 is 0 Å². The predicted octanol–water partition coefficient (Wildman–Crippen LogP) is 3.75. The van der Waals surface area contributed by atoms with Crippen LogP contribution in [0.4, 0.5) is 0 Å². The normalized spacial score (nSPS) is 13.3. The molecule has 0 radical (unpaired) electrons. The van der Waals surface area contributed by atoms with Crippen molar-refractivity contribution in [3.05, 3.63) is 30.1 Å². The first-order valence-electron chi connectivity index (χ1n) is 6.95. The Labute approximate surface area is 109 Å². The molecule has 1 aromatic carbocycles. The topological polar surface area (TPSA) is 31.9 Å². The maximum absolute atomic E-state index is 4.69. The third-order valence-electron chi connectivity index (χ3n) is 3.56. The Morgan fingerprint density at radius 2 is 2.06 bits per heavy atom. The molecule has 0 saturated carbocycles. The summed E-state index contributed by atoms with van der Waals surface area (Å²) in [5.41, 5.74) is 2.19. The van der Waals surface area contributed by atoms with Crippen LogP contribution in [0.2, 0.25) is 0 Å². The van der Waals surface area contributed by atoms with Gasteiger partial charge in [0.2, 0.25) is 0 Å². The Morgan fingerprint density at radius 3 is 2.72 bits per heavy atom. The maximum Gasteiger partial charge on any atom is 0.124 e. The van der Waals surface area contributed by atoms with E-state index in [9.17, 15) is 0 Å². The minimum atomic E-state index is 0.356. The molecule has 3 heteroatoms. The summed E-state index contributed by atoms with van der Waals surface area (Å²) in [6.07, 6.45) is 2.49. The van der Waals surface area contributed by atoms with Gasteiger partial charge < -0.3 is 4.98 Å². The summed E-state index contributed by atoms with van der Waals surface area (Å²) in [4.78, 5) is 10.6. The highest BCUT2D eigenvalue weighted by atomic mass is 15.2. The summed E-state index contributed by atoms with van der Waals surface area (Å²) in [6, 6.07) is 8.58. The summed E-state index contributed by atoms with van der Waals surface area (Å²) in [7, 11) is 0. The van der Waals surface area contributed by atoms with Gasteiger partial charge in [-0.3, -0.25) is 4.90 Å². The van der Waals surface area contributed by atoms with Crippen molar-refractivity contribution >= 4 is 11.0 Å². The number of nitrogens with zero attached hydrogens (tertiary/aromatic N) is 2. The number of nitrogens with one attached hydrogen (secondary N) is 1. The van der Waals surface area contributed by atoms with Crippen LogP contribution in [0.1, 0.15) is 45.5 Å². The molecule has 1 aromatic heterocycles. The van der Waals surface area contributed by atoms with Crippen LogP contribution in [0.3, 0.4) is 0 Å². The van der Waals surface area contributed by atoms with Gasteiger partial charge in [0.25, 0.3) is 0 Å². The van der Waals surface area contributed by atoms with Crippen molar-refractivity contribution in [2.45, 2.75) is 39.7 Å². The van der Waals surface area contributed by atoms with E-state index in [1.165, 1.54) is 12.8 Å². The van der Waals surface area contributed by atoms with Gasteiger partial charge in [-0.05, 0) is 38.6 Å². The summed E-state index contributed by atoms with van der Waals surface area (Å²) in [6.45, 7) is 8.90. The minimum Gasteiger partial charge on any atom is -0.341 e. The van der Waals surface area contributed by atoms with Crippen molar-refractivity contribution in [3.8, 4) is 0 Å². The fourth-order valence-electron chi connectivity index (χ4n) is 2.33. The second-order valence-electron chi connectivity index (χ2n) is 4.80. The van der Waals surface area contributed by atoms with Gasteiger partial charge in [-0.25, -0.2) is 4.98 Å². The number of fused-ring (bicyclic) bond motifs is 1. The zero-order valence-electron chi connectivity index (χ0n) is 11.6. The van der Waals surface area contributed by atoms with Gasteiger partial charge >= 0.3 is 0 Å². The Hall–Kier alpha value is -1.35. The molecule has 0 aliphatic carbocycles. The highest BCUT2D eigenvalue weighted by Crippen LogP contribution is 2.20. The van der Waals surface area contributed by atoms with Crippen LogP contribution in [-0.4, -0.2) is 28.0 Å². The van der Waals surface area contributed by atoms with E-state index in [-0.39, 0.29) is 0 Å². The van der Waals surface area contributed by atoms with E-state index in [4.69, 9.17) is 4.98 Å². The Bertz CT molecular complexity index is 456. The van der Waals surface area contributed by atoms with Crippen molar-refractivity contribution in [3.63, 3.8) is 0 Å². The van der Waals surface area contributed by atoms with Gasteiger partial charge in [0, 0.05) is 0 Å². The monoisotopic (exact) mass is 245 g/mol. The molecule has 0 bridgehead atoms. The molecule has 3 nitrogen and oxygen atoms in total. The molecule has 0 amide bonds. The van der Waals surface area contributed by atoms with E-state index in [0.717, 1.165) is 29.9 Å². The van der Waals surface area contributed by atoms with E-state index in [2.05, 4.69) is 42.8 Å². The van der Waals surface area contributed by atoms with Crippen LogP contribution in [0.25, 0.3) is 11.0 Å². The predicted molar refractivity (Wildman–Crippen MR) is 76.7 cm³/mol. The molecule has 0 aliphatic rings. The zero-order valence-corrected chi connectivity index (χ0v) is 11.6. The van der Waals surface area contributed by atoms with Gasteiger partial charge in [-0.15, -0.1) is 0 Å². The van der Waals surface area contributed by atoms with Crippen LogP contribution in [0.5, 0.6) is 0 Å². The van der Waals surface area contributed by atoms with Crippen molar-refractivity contribution < 1.29 is 0 Å². The number of para-hydroxylation sites is 2. The molecule has 18 heavy (non-hydrogen) atoms. The van der Waals surface area contributed by atoms with E-state index in [1.807, 2.05) is 12.1 Å². The fourth-order valence-corrected chi connectivity index (χ4v) is 2.33. The number of aromatic nitrogens is 2. The molecule has 1 atom stereocenters. The molecule has 0 spiro atoms. The maximum atomic E-state index is 4.69. The Kier molecular flexibility index (Phi) is 4.37. The number of unbranched alkanes of at least 4 members (excludes halogenated alkanes) is 1. The molecule has 0 aliphatic heterocycles. The summed E-state index contributed by atoms with van der Waals surface area (Å²) >= 11 is 0. The van der Waals surface area contributed by atoms with Crippen molar-refractivity contribution in [2.75, 3.05) is 13.1 Å². The zero-order chi connectivity index (χ0) is 13.0. The average Bonchev–Trinajstić information content (AvgIpc) is 2.83. The van der Waals surface area contributed by atoms with E-state index in [1.54, 1.807) is 0 Å². The standard InChI is InChI=1S/C15H23N3/c1-4-6-11-18(5-2)12(3)15-16-13-9-7-8-10-14(13)17-15/h7-10,12H,4-6,11H2,1-3H3,(H,16,17). The third kappa shape index (κ3) is 2.72. The molecule has 2 rings (SSSR count). The fraction of sp³-hybridized carbons (Fsp3) is 0.533. The van der Waals surface area contributed by atoms with Crippen molar-refractivity contribution in [1.82, 2.24) is 14.9 Å². The lowest BCUT2D eigenvalue weighted by Gasteiger charge is -2.26. The van der Waals surface area contributed by atoms with Crippen molar-refractivity contribution in [1.29, 1.82) is 0 Å². The first kappa shape index (κ1) is 13.1. The van der Waals surface area contributed by atoms with Crippen LogP contribution in [0.15, 0.2) is 24.3 Å². The van der Waals surface area contributed by atoms with E-state index in [0.29, 0.717) is 6.04 Å². The summed E-state index contributed by atoms with van der Waals surface area (Å²) in [5, 5.41) is 0. The van der Waals surface area contributed by atoms with Crippen LogP contribution in [-0.2, 0) is 0 Å². The average molecular weight is 245 g/mol. The lowest BCUT2D eigenvalue weighted by Crippen LogP contribution is -2.28. The number of H-pyrrole nitrogens is 1. The smallest absolute Gasteiger partial charge is 0.124 e. The number of aromatic amines is 1. The summed E-state index contributed by atoms with van der Waals surface area (Å²) in [5.74, 6) is 1.08. The van der Waals surface area contributed by atoms with E-state index >= 15 is 0 Å². The van der Waals surface area contributed by atoms with E-state index < -0.39 is 0 Å². The Balaban J connectivity index is 2.18. The molecular formula is C15H23N3. The first-order valence-corrected chi connectivity index (χ1v) is 6.95. The molecule has 98 valence electrons. The molecular weight excluding hydrogens is 222 g/mol. The van der Waals surface area contributed by atoms with Gasteiger partial charge in [0.05, 0.1) is 17.1 Å². The molecule has 1 N–H and O–H groups in total. The number of rotatable bonds is 6. The SMILES string of the molecule is CCCCN(CC)C(C)c1nc2ccccc2[nH]1. The second kappa shape index (κ2) is 6.01. The van der Waals surface area contributed by atoms with Crippen LogP contribution < -0.4 is 0 Å². The third-order valence-corrected chi connectivity index (χ3v) is 3.56. The number of benzene rings is 1.